The van der Waals surface area contributed by atoms with Gasteiger partial charge in [0, 0.05) is 19.8 Å². The smallest absolute Gasteiger partial charge is 0.128 e. The Kier molecular flexibility index (Phi) is 4.12. The van der Waals surface area contributed by atoms with Crippen LogP contribution in [-0.4, -0.2) is 17.1 Å². The molecule has 1 atom stereocenters. The van der Waals surface area contributed by atoms with Crippen LogP contribution in [0.4, 0.5) is 10.2 Å². The lowest BCUT2D eigenvalue weighted by Gasteiger charge is -2.18. The zero-order valence-electron chi connectivity index (χ0n) is 11.0. The zero-order valence-corrected chi connectivity index (χ0v) is 11.0. The SMILES string of the molecule is CC(O)c1ccc(N(C)Cc2ccc(F)cc2)nc1. The molecule has 1 N–H and O–H groups in total. The number of aliphatic hydroxyl groups is 1. The molecule has 0 fully saturated rings. The van der Waals surface area contributed by atoms with Crippen LogP contribution in [0.25, 0.3) is 0 Å². The lowest BCUT2D eigenvalue weighted by molar-refractivity contribution is 0.199. The average Bonchev–Trinajstić information content (AvgIpc) is 2.41. The molecule has 2 rings (SSSR count). The van der Waals surface area contributed by atoms with Crippen molar-refractivity contribution >= 4 is 5.82 Å². The molecule has 0 saturated heterocycles. The lowest BCUT2D eigenvalue weighted by Crippen LogP contribution is -2.17. The quantitative estimate of drug-likeness (QED) is 0.918. The van der Waals surface area contributed by atoms with Crippen LogP contribution in [0.2, 0.25) is 0 Å². The van der Waals surface area contributed by atoms with Gasteiger partial charge in [-0.25, -0.2) is 9.37 Å². The fourth-order valence-electron chi connectivity index (χ4n) is 1.82. The first-order chi connectivity index (χ1) is 9.06. The molecule has 1 heterocycles. The van der Waals surface area contributed by atoms with Gasteiger partial charge >= 0.3 is 0 Å². The summed E-state index contributed by atoms with van der Waals surface area (Å²) in [6.07, 6.45) is 1.16. The summed E-state index contributed by atoms with van der Waals surface area (Å²) in [4.78, 5) is 6.28. The summed E-state index contributed by atoms with van der Waals surface area (Å²) in [6.45, 7) is 2.36. The maximum absolute atomic E-state index is 12.8. The Labute approximate surface area is 112 Å². The molecule has 0 aliphatic carbocycles. The van der Waals surface area contributed by atoms with E-state index < -0.39 is 6.10 Å². The zero-order chi connectivity index (χ0) is 13.8. The van der Waals surface area contributed by atoms with Crippen LogP contribution in [0, 0.1) is 5.82 Å². The Bertz CT molecular complexity index is 523. The van der Waals surface area contributed by atoms with Crippen molar-refractivity contribution in [2.45, 2.75) is 19.6 Å². The summed E-state index contributed by atoms with van der Waals surface area (Å²) in [7, 11) is 1.92. The molecule has 4 heteroatoms. The number of hydrogen-bond donors (Lipinski definition) is 1. The van der Waals surface area contributed by atoms with Crippen LogP contribution in [0.3, 0.4) is 0 Å². The molecule has 0 radical (unpaired) electrons. The van der Waals surface area contributed by atoms with Gasteiger partial charge in [0.25, 0.3) is 0 Å². The highest BCUT2D eigenvalue weighted by Crippen LogP contribution is 2.16. The predicted octanol–water partition coefficient (Wildman–Crippen LogP) is 2.91. The second kappa shape index (κ2) is 5.80. The summed E-state index contributed by atoms with van der Waals surface area (Å²) in [6, 6.07) is 10.1. The number of pyridine rings is 1. The van der Waals surface area contributed by atoms with Crippen LogP contribution >= 0.6 is 0 Å². The molecule has 0 bridgehead atoms. The first-order valence-corrected chi connectivity index (χ1v) is 6.16. The van der Waals surface area contributed by atoms with E-state index in [1.165, 1.54) is 12.1 Å². The molecule has 2 aromatic rings. The van der Waals surface area contributed by atoms with Gasteiger partial charge in [-0.1, -0.05) is 18.2 Å². The highest BCUT2D eigenvalue weighted by Gasteiger charge is 2.06. The Morgan fingerprint density at radius 2 is 1.89 bits per heavy atom. The number of benzene rings is 1. The Hall–Kier alpha value is -1.94. The van der Waals surface area contributed by atoms with Gasteiger partial charge in [-0.05, 0) is 36.2 Å². The molecule has 100 valence electrons. The monoisotopic (exact) mass is 260 g/mol. The fraction of sp³-hybridized carbons (Fsp3) is 0.267. The van der Waals surface area contributed by atoms with Gasteiger partial charge in [0.15, 0.2) is 0 Å². The third-order valence-electron chi connectivity index (χ3n) is 2.98. The number of anilines is 1. The maximum atomic E-state index is 12.8. The topological polar surface area (TPSA) is 36.4 Å². The second-order valence-corrected chi connectivity index (χ2v) is 4.61. The number of hydrogen-bond acceptors (Lipinski definition) is 3. The predicted molar refractivity (Wildman–Crippen MR) is 73.4 cm³/mol. The van der Waals surface area contributed by atoms with Gasteiger partial charge in [0.1, 0.15) is 11.6 Å². The highest BCUT2D eigenvalue weighted by molar-refractivity contribution is 5.39. The van der Waals surface area contributed by atoms with Gasteiger partial charge < -0.3 is 10.0 Å². The van der Waals surface area contributed by atoms with Gasteiger partial charge in [-0.15, -0.1) is 0 Å². The standard InChI is InChI=1S/C15H17FN2O/c1-11(19)13-5-8-15(17-9-13)18(2)10-12-3-6-14(16)7-4-12/h3-9,11,19H,10H2,1-2H3. The van der Waals surface area contributed by atoms with Crippen molar-refractivity contribution in [3.05, 3.63) is 59.5 Å². The van der Waals surface area contributed by atoms with Crippen molar-refractivity contribution in [1.82, 2.24) is 4.98 Å². The van der Waals surface area contributed by atoms with E-state index in [1.54, 1.807) is 25.3 Å². The third kappa shape index (κ3) is 3.51. The number of halogens is 1. The number of aromatic nitrogens is 1. The van der Waals surface area contributed by atoms with Crippen LogP contribution in [0.1, 0.15) is 24.2 Å². The maximum Gasteiger partial charge on any atom is 0.128 e. The molecular formula is C15H17FN2O. The molecule has 19 heavy (non-hydrogen) atoms. The first-order valence-electron chi connectivity index (χ1n) is 6.16. The molecule has 0 amide bonds. The molecule has 3 nitrogen and oxygen atoms in total. The van der Waals surface area contributed by atoms with Crippen molar-refractivity contribution in [2.75, 3.05) is 11.9 Å². The van der Waals surface area contributed by atoms with E-state index in [-0.39, 0.29) is 5.82 Å². The van der Waals surface area contributed by atoms with E-state index in [2.05, 4.69) is 4.98 Å². The average molecular weight is 260 g/mol. The summed E-state index contributed by atoms with van der Waals surface area (Å²) < 4.78 is 12.8. The summed E-state index contributed by atoms with van der Waals surface area (Å²) in [5, 5.41) is 9.43. The first kappa shape index (κ1) is 13.5. The Morgan fingerprint density at radius 3 is 2.42 bits per heavy atom. The minimum atomic E-state index is -0.510. The lowest BCUT2D eigenvalue weighted by atomic mass is 10.2. The van der Waals surface area contributed by atoms with Gasteiger partial charge in [0.2, 0.25) is 0 Å². The van der Waals surface area contributed by atoms with Gasteiger partial charge in [-0.2, -0.15) is 0 Å². The van der Waals surface area contributed by atoms with E-state index in [4.69, 9.17) is 0 Å². The summed E-state index contributed by atoms with van der Waals surface area (Å²) >= 11 is 0. The van der Waals surface area contributed by atoms with Crippen LogP contribution in [-0.2, 0) is 6.54 Å². The number of nitrogens with zero attached hydrogens (tertiary/aromatic N) is 2. The molecular weight excluding hydrogens is 243 g/mol. The molecule has 0 aliphatic heterocycles. The Morgan fingerprint density at radius 1 is 1.21 bits per heavy atom. The van der Waals surface area contributed by atoms with Crippen molar-refractivity contribution in [1.29, 1.82) is 0 Å². The highest BCUT2D eigenvalue weighted by atomic mass is 19.1. The summed E-state index contributed by atoms with van der Waals surface area (Å²) in [5.74, 6) is 0.583. The van der Waals surface area contributed by atoms with E-state index in [1.807, 2.05) is 24.1 Å². The van der Waals surface area contributed by atoms with E-state index in [9.17, 15) is 9.50 Å². The largest absolute Gasteiger partial charge is 0.389 e. The van der Waals surface area contributed by atoms with Crippen molar-refractivity contribution in [2.24, 2.45) is 0 Å². The van der Waals surface area contributed by atoms with E-state index in [0.717, 1.165) is 16.9 Å². The minimum absolute atomic E-state index is 0.231. The number of aliphatic hydroxyl groups excluding tert-OH is 1. The third-order valence-corrected chi connectivity index (χ3v) is 2.98. The molecule has 0 aliphatic rings. The molecule has 1 unspecified atom stereocenters. The van der Waals surface area contributed by atoms with E-state index >= 15 is 0 Å². The molecule has 1 aromatic heterocycles. The normalized spacial score (nSPS) is 12.2. The van der Waals surface area contributed by atoms with Gasteiger partial charge in [-0.3, -0.25) is 0 Å². The number of rotatable bonds is 4. The van der Waals surface area contributed by atoms with Crippen molar-refractivity contribution in [3.8, 4) is 0 Å². The van der Waals surface area contributed by atoms with E-state index in [0.29, 0.717) is 6.54 Å². The van der Waals surface area contributed by atoms with Crippen LogP contribution < -0.4 is 4.90 Å². The molecule has 0 spiro atoms. The van der Waals surface area contributed by atoms with Crippen molar-refractivity contribution in [3.63, 3.8) is 0 Å². The molecule has 0 saturated carbocycles. The van der Waals surface area contributed by atoms with Crippen molar-refractivity contribution < 1.29 is 9.50 Å². The molecule has 1 aromatic carbocycles. The fourth-order valence-corrected chi connectivity index (χ4v) is 1.82. The second-order valence-electron chi connectivity index (χ2n) is 4.61. The summed E-state index contributed by atoms with van der Waals surface area (Å²) in [5.41, 5.74) is 1.81. The minimum Gasteiger partial charge on any atom is -0.389 e. The van der Waals surface area contributed by atoms with Gasteiger partial charge in [0.05, 0.1) is 6.10 Å². The Balaban J connectivity index is 2.07. The van der Waals surface area contributed by atoms with Crippen LogP contribution in [0.5, 0.6) is 0 Å². The van der Waals surface area contributed by atoms with Crippen LogP contribution in [0.15, 0.2) is 42.6 Å².